The average Bonchev–Trinajstić information content (AvgIpc) is 2.22. The first-order chi connectivity index (χ1) is 9.50. The van der Waals surface area contributed by atoms with Gasteiger partial charge in [-0.15, -0.1) is 0 Å². The van der Waals surface area contributed by atoms with E-state index in [1.54, 1.807) is 0 Å². The first kappa shape index (κ1) is 21.9. The summed E-state index contributed by atoms with van der Waals surface area (Å²) in [6.45, 7) is 0. The topological polar surface area (TPSA) is 20.2 Å². The van der Waals surface area contributed by atoms with Crippen LogP contribution in [0, 0.1) is 0 Å². The van der Waals surface area contributed by atoms with Gasteiger partial charge >= 0.3 is 41.9 Å². The molecule has 0 spiro atoms. The molecule has 0 aliphatic rings. The third kappa shape index (κ3) is 2.67. The zero-order valence-corrected chi connectivity index (χ0v) is 9.62. The zero-order chi connectivity index (χ0) is 19.5. The van der Waals surface area contributed by atoms with E-state index in [9.17, 15) is 65.9 Å². The molecular weight excluding hydrogens is 385 g/mol. The molecule has 0 aromatic carbocycles. The van der Waals surface area contributed by atoms with Gasteiger partial charge in [-0.25, -0.2) is 8.78 Å². The molecule has 0 bridgehead atoms. The second kappa shape index (κ2) is 4.95. The van der Waals surface area contributed by atoms with Crippen molar-refractivity contribution in [1.29, 1.82) is 0 Å². The smallest absolute Gasteiger partial charge is 0.354 e. The van der Waals surface area contributed by atoms with Crippen LogP contribution >= 0.6 is 0 Å². The normalized spacial score (nSPS) is 18.8. The van der Waals surface area contributed by atoms with Crippen molar-refractivity contribution < 1.29 is 71.0 Å². The van der Waals surface area contributed by atoms with Crippen molar-refractivity contribution in [2.75, 3.05) is 0 Å². The van der Waals surface area contributed by atoms with Crippen LogP contribution in [-0.4, -0.2) is 47.0 Å². The van der Waals surface area contributed by atoms with Crippen LogP contribution in [0.4, 0.5) is 65.9 Å². The van der Waals surface area contributed by atoms with Crippen molar-refractivity contribution in [3.05, 3.63) is 0 Å². The van der Waals surface area contributed by atoms with Crippen LogP contribution in [0.3, 0.4) is 0 Å². The highest BCUT2D eigenvalue weighted by molar-refractivity contribution is 5.15. The van der Waals surface area contributed by atoms with Gasteiger partial charge in [0.05, 0.1) is 0 Å². The Labute approximate surface area is 114 Å². The number of halogens is 15. The second-order valence-corrected chi connectivity index (χ2v) is 3.92. The van der Waals surface area contributed by atoms with Crippen molar-refractivity contribution in [2.45, 2.75) is 41.9 Å². The van der Waals surface area contributed by atoms with Crippen molar-refractivity contribution in [3.8, 4) is 0 Å². The third-order valence-corrected chi connectivity index (χ3v) is 2.40. The van der Waals surface area contributed by atoms with E-state index in [1.807, 2.05) is 0 Å². The fraction of sp³-hybridized carbons (Fsp3) is 1.00. The Morgan fingerprint density at radius 2 is 0.652 bits per heavy atom. The van der Waals surface area contributed by atoms with Gasteiger partial charge < -0.3 is 5.11 Å². The van der Waals surface area contributed by atoms with Gasteiger partial charge in [-0.3, -0.25) is 0 Å². The van der Waals surface area contributed by atoms with Crippen LogP contribution < -0.4 is 0 Å². The minimum atomic E-state index is -8.21. The lowest BCUT2D eigenvalue weighted by Crippen LogP contribution is -2.76. The first-order valence-corrected chi connectivity index (χ1v) is 4.56. The van der Waals surface area contributed by atoms with Crippen LogP contribution in [0.15, 0.2) is 0 Å². The van der Waals surface area contributed by atoms with Gasteiger partial charge in [0.25, 0.3) is 0 Å². The number of hydrogen-bond donors (Lipinski definition) is 1. The van der Waals surface area contributed by atoms with Crippen LogP contribution in [-0.2, 0) is 0 Å². The summed E-state index contributed by atoms with van der Waals surface area (Å²) < 4.78 is 183. The molecule has 0 saturated carbocycles. The fourth-order valence-electron chi connectivity index (χ4n) is 1.14. The molecule has 0 saturated heterocycles. The number of aliphatic hydroxyl groups is 1. The van der Waals surface area contributed by atoms with Gasteiger partial charge in [-0.05, 0) is 0 Å². The van der Waals surface area contributed by atoms with Crippen LogP contribution in [0.5, 0.6) is 0 Å². The van der Waals surface area contributed by atoms with Crippen molar-refractivity contribution in [1.82, 2.24) is 0 Å². The molecule has 1 N–H and O–H groups in total. The Balaban J connectivity index is 6.65. The predicted octanol–water partition coefficient (Wildman–Crippen LogP) is 4.31. The molecule has 0 aromatic rings. The molecule has 1 atom stereocenters. The quantitative estimate of drug-likeness (QED) is 0.717. The summed E-state index contributed by atoms with van der Waals surface area (Å²) in [6, 6.07) is 0. The Morgan fingerprint density at radius 1 is 0.391 bits per heavy atom. The van der Waals surface area contributed by atoms with E-state index in [0.717, 1.165) is 0 Å². The van der Waals surface area contributed by atoms with Crippen molar-refractivity contribution in [3.63, 3.8) is 0 Å². The molecule has 16 heteroatoms. The molecule has 0 aliphatic heterocycles. The summed E-state index contributed by atoms with van der Waals surface area (Å²) in [7, 11) is 0. The largest absolute Gasteiger partial charge is 0.460 e. The summed E-state index contributed by atoms with van der Waals surface area (Å²) in [5.74, 6) is -24.3. The zero-order valence-electron chi connectivity index (χ0n) is 9.62. The first-order valence-electron chi connectivity index (χ1n) is 4.56. The Bertz CT molecular complexity index is 422. The molecule has 0 rings (SSSR count). The minimum absolute atomic E-state index is 7.63. The molecule has 1 unspecified atom stereocenters. The van der Waals surface area contributed by atoms with E-state index < -0.39 is 41.9 Å². The second-order valence-electron chi connectivity index (χ2n) is 3.92. The highest BCUT2D eigenvalue weighted by Gasteiger charge is 2.94. The van der Waals surface area contributed by atoms with E-state index in [4.69, 9.17) is 5.11 Å². The number of hydrogen-bond acceptors (Lipinski definition) is 1. The molecule has 23 heavy (non-hydrogen) atoms. The van der Waals surface area contributed by atoms with Gasteiger partial charge in [0, 0.05) is 0 Å². The fourth-order valence-corrected chi connectivity index (χ4v) is 1.14. The van der Waals surface area contributed by atoms with E-state index in [0.29, 0.717) is 0 Å². The number of alkyl halides is 15. The van der Waals surface area contributed by atoms with Crippen molar-refractivity contribution in [2.24, 2.45) is 0 Å². The standard InChI is InChI=1S/C7HF15O/c8-1(5(14,15)16,6(17,18)19)4(13,23)2(9,10)3(11,12)7(20,21)22/h23H. The highest BCUT2D eigenvalue weighted by atomic mass is 19.4. The summed E-state index contributed by atoms with van der Waals surface area (Å²) in [5, 5.41) is 7.92. The summed E-state index contributed by atoms with van der Waals surface area (Å²) in [4.78, 5) is 0. The Hall–Kier alpha value is -1.09. The van der Waals surface area contributed by atoms with Gasteiger partial charge in [0.15, 0.2) is 0 Å². The summed E-state index contributed by atoms with van der Waals surface area (Å²) in [5.41, 5.74) is -8.16. The highest BCUT2D eigenvalue weighted by Crippen LogP contribution is 2.62. The van der Waals surface area contributed by atoms with Gasteiger partial charge in [-0.2, -0.15) is 57.1 Å². The van der Waals surface area contributed by atoms with Gasteiger partial charge in [0.1, 0.15) is 0 Å². The lowest BCUT2D eigenvalue weighted by Gasteiger charge is -2.43. The molecule has 0 heterocycles. The van der Waals surface area contributed by atoms with Gasteiger partial charge in [0.2, 0.25) is 0 Å². The van der Waals surface area contributed by atoms with Crippen molar-refractivity contribution >= 4 is 0 Å². The van der Waals surface area contributed by atoms with Crippen LogP contribution in [0.2, 0.25) is 0 Å². The van der Waals surface area contributed by atoms with Gasteiger partial charge in [-0.1, -0.05) is 0 Å². The van der Waals surface area contributed by atoms with E-state index in [-0.39, 0.29) is 0 Å². The summed E-state index contributed by atoms with van der Waals surface area (Å²) >= 11 is 0. The Morgan fingerprint density at radius 3 is 0.826 bits per heavy atom. The molecule has 0 amide bonds. The maximum absolute atomic E-state index is 12.9. The lowest BCUT2D eigenvalue weighted by atomic mass is 9.86. The van der Waals surface area contributed by atoms with E-state index in [2.05, 4.69) is 0 Å². The molecule has 140 valence electrons. The maximum atomic E-state index is 12.9. The molecule has 1 nitrogen and oxygen atoms in total. The van der Waals surface area contributed by atoms with E-state index >= 15 is 0 Å². The van der Waals surface area contributed by atoms with Crippen LogP contribution in [0.1, 0.15) is 0 Å². The summed E-state index contributed by atoms with van der Waals surface area (Å²) in [6.07, 6.45) is -23.4. The SMILES string of the molecule is OC(F)(C(F)(F)C(F)(F)C(F)(F)F)C(F)(C(F)(F)F)C(F)(F)F. The monoisotopic (exact) mass is 386 g/mol. The molecular formula is C7HF15O. The molecule has 0 fully saturated rings. The molecule has 0 aromatic heterocycles. The molecule has 0 radical (unpaired) electrons. The number of rotatable bonds is 3. The Kier molecular flexibility index (Phi) is 4.72. The lowest BCUT2D eigenvalue weighted by molar-refractivity contribution is -0.481. The van der Waals surface area contributed by atoms with E-state index in [1.165, 1.54) is 0 Å². The van der Waals surface area contributed by atoms with Crippen LogP contribution in [0.25, 0.3) is 0 Å². The third-order valence-electron chi connectivity index (χ3n) is 2.40. The molecule has 0 aliphatic carbocycles. The average molecular weight is 386 g/mol. The maximum Gasteiger partial charge on any atom is 0.460 e. The predicted molar refractivity (Wildman–Crippen MR) is 38.0 cm³/mol. The minimum Gasteiger partial charge on any atom is -0.354 e.